The fourth-order valence-electron chi connectivity index (χ4n) is 3.72. The van der Waals surface area contributed by atoms with Crippen LogP contribution in [0.5, 0.6) is 0 Å². The number of benzene rings is 2. The van der Waals surface area contributed by atoms with Crippen LogP contribution >= 0.6 is 11.6 Å². The average molecular weight is 384 g/mol. The zero-order valence-corrected chi connectivity index (χ0v) is 15.8. The smallest absolute Gasteiger partial charge is 0.257 e. The fraction of sp³-hybridized carbons (Fsp3) is 0.286. The molecule has 0 saturated carbocycles. The van der Waals surface area contributed by atoms with Crippen LogP contribution in [-0.2, 0) is 0 Å². The molecule has 1 aliphatic rings. The molecule has 0 aliphatic carbocycles. The second-order valence-electron chi connectivity index (χ2n) is 6.71. The molecule has 2 aromatic carbocycles. The third-order valence-electron chi connectivity index (χ3n) is 5.12. The van der Waals surface area contributed by atoms with Crippen molar-refractivity contribution in [3.8, 4) is 5.69 Å². The van der Waals surface area contributed by atoms with Crippen molar-refractivity contribution in [2.24, 2.45) is 0 Å². The minimum atomic E-state index is -0.0328. The number of carbonyl (C=O) groups is 1. The van der Waals surface area contributed by atoms with Crippen LogP contribution in [0.2, 0.25) is 5.15 Å². The predicted molar refractivity (Wildman–Crippen MR) is 108 cm³/mol. The van der Waals surface area contributed by atoms with Crippen molar-refractivity contribution in [1.29, 1.82) is 0 Å². The van der Waals surface area contributed by atoms with E-state index in [1.54, 1.807) is 0 Å². The zero-order valence-electron chi connectivity index (χ0n) is 15.0. The van der Waals surface area contributed by atoms with Crippen molar-refractivity contribution >= 4 is 28.4 Å². The Labute approximate surface area is 163 Å². The molecular formula is C21H22ClN3O2. The number of nitrogens with zero attached hydrogens (tertiary/aromatic N) is 3. The van der Waals surface area contributed by atoms with Crippen molar-refractivity contribution in [2.45, 2.75) is 0 Å². The minimum Gasteiger partial charge on any atom is -0.395 e. The number of aliphatic hydroxyl groups is 1. The Balaban J connectivity index is 1.72. The van der Waals surface area contributed by atoms with Crippen LogP contribution in [-0.4, -0.2) is 64.7 Å². The van der Waals surface area contributed by atoms with Crippen molar-refractivity contribution in [3.63, 3.8) is 0 Å². The molecule has 6 heteroatoms. The Hall–Kier alpha value is -2.34. The molecular weight excluding hydrogens is 362 g/mol. The number of rotatable bonds is 4. The molecule has 3 aromatic rings. The van der Waals surface area contributed by atoms with Gasteiger partial charge in [0.15, 0.2) is 0 Å². The lowest BCUT2D eigenvalue weighted by Crippen LogP contribution is -2.49. The Bertz CT molecular complexity index is 947. The van der Waals surface area contributed by atoms with Crippen molar-refractivity contribution < 1.29 is 9.90 Å². The summed E-state index contributed by atoms with van der Waals surface area (Å²) in [5, 5.41) is 10.4. The average Bonchev–Trinajstić information content (AvgIpc) is 3.01. The van der Waals surface area contributed by atoms with Gasteiger partial charge in [0, 0.05) is 43.8 Å². The molecule has 0 bridgehead atoms. The number of amides is 1. The number of aliphatic hydroxyl groups excluding tert-OH is 1. The number of fused-ring (bicyclic) bond motifs is 1. The van der Waals surface area contributed by atoms with E-state index in [1.165, 1.54) is 0 Å². The normalized spacial score (nSPS) is 15.4. The molecule has 0 unspecified atom stereocenters. The van der Waals surface area contributed by atoms with E-state index < -0.39 is 0 Å². The van der Waals surface area contributed by atoms with Gasteiger partial charge in [-0.05, 0) is 18.2 Å². The van der Waals surface area contributed by atoms with Gasteiger partial charge in [0.25, 0.3) is 5.91 Å². The molecule has 0 atom stereocenters. The highest BCUT2D eigenvalue weighted by Crippen LogP contribution is 2.34. The Kier molecular flexibility index (Phi) is 5.16. The molecule has 140 valence electrons. The summed E-state index contributed by atoms with van der Waals surface area (Å²) in [4.78, 5) is 17.3. The summed E-state index contributed by atoms with van der Waals surface area (Å²) in [6, 6.07) is 17.7. The fourth-order valence-corrected chi connectivity index (χ4v) is 4.09. The van der Waals surface area contributed by atoms with Crippen LogP contribution in [0.4, 0.5) is 0 Å². The number of carbonyl (C=O) groups excluding carboxylic acids is 1. The van der Waals surface area contributed by atoms with E-state index in [0.29, 0.717) is 30.4 Å². The molecule has 1 N–H and O–H groups in total. The summed E-state index contributed by atoms with van der Waals surface area (Å²) in [6.45, 7) is 3.60. The molecule has 5 nitrogen and oxygen atoms in total. The molecule has 4 rings (SSSR count). The molecule has 2 heterocycles. The number of para-hydroxylation sites is 2. The number of hydrogen-bond donors (Lipinski definition) is 1. The summed E-state index contributed by atoms with van der Waals surface area (Å²) in [5.41, 5.74) is 2.42. The van der Waals surface area contributed by atoms with Gasteiger partial charge in [0.05, 0.1) is 17.7 Å². The van der Waals surface area contributed by atoms with Crippen LogP contribution in [0.25, 0.3) is 16.6 Å². The molecule has 0 spiro atoms. The molecule has 1 saturated heterocycles. The van der Waals surface area contributed by atoms with Crippen LogP contribution in [0, 0.1) is 0 Å². The van der Waals surface area contributed by atoms with E-state index in [0.717, 1.165) is 29.7 Å². The van der Waals surface area contributed by atoms with Gasteiger partial charge in [0.1, 0.15) is 5.15 Å². The van der Waals surface area contributed by atoms with Gasteiger partial charge in [-0.25, -0.2) is 0 Å². The van der Waals surface area contributed by atoms with Gasteiger partial charge in [-0.2, -0.15) is 0 Å². The number of aromatic nitrogens is 1. The Morgan fingerprint density at radius 2 is 1.63 bits per heavy atom. The summed E-state index contributed by atoms with van der Waals surface area (Å²) >= 11 is 6.75. The third kappa shape index (κ3) is 3.34. The van der Waals surface area contributed by atoms with E-state index in [-0.39, 0.29) is 12.5 Å². The number of piperazine rings is 1. The second-order valence-corrected chi connectivity index (χ2v) is 7.07. The lowest BCUT2D eigenvalue weighted by Gasteiger charge is -2.34. The predicted octanol–water partition coefficient (Wildman–Crippen LogP) is 3.03. The van der Waals surface area contributed by atoms with Gasteiger partial charge in [-0.15, -0.1) is 0 Å². The Morgan fingerprint density at radius 1 is 0.963 bits per heavy atom. The molecule has 1 fully saturated rings. The van der Waals surface area contributed by atoms with E-state index in [9.17, 15) is 4.79 Å². The molecule has 1 amide bonds. The molecule has 27 heavy (non-hydrogen) atoms. The van der Waals surface area contributed by atoms with Crippen LogP contribution in [0.3, 0.4) is 0 Å². The van der Waals surface area contributed by atoms with E-state index >= 15 is 0 Å². The van der Waals surface area contributed by atoms with Gasteiger partial charge in [0.2, 0.25) is 0 Å². The highest BCUT2D eigenvalue weighted by molar-refractivity contribution is 6.36. The van der Waals surface area contributed by atoms with Crippen LogP contribution in [0.15, 0.2) is 54.6 Å². The lowest BCUT2D eigenvalue weighted by atomic mass is 10.1. The monoisotopic (exact) mass is 383 g/mol. The standard InChI is InChI=1S/C21H22ClN3O2/c22-20-19(21(27)24-12-10-23(11-13-24)14-15-26)17-8-4-5-9-18(17)25(20)16-6-2-1-3-7-16/h1-9,26H,10-15H2. The highest BCUT2D eigenvalue weighted by atomic mass is 35.5. The van der Waals surface area contributed by atoms with Gasteiger partial charge in [-0.1, -0.05) is 48.0 Å². The van der Waals surface area contributed by atoms with E-state index in [1.807, 2.05) is 64.1 Å². The summed E-state index contributed by atoms with van der Waals surface area (Å²) in [6.07, 6.45) is 0. The third-order valence-corrected chi connectivity index (χ3v) is 5.48. The van der Waals surface area contributed by atoms with Crippen molar-refractivity contribution in [1.82, 2.24) is 14.4 Å². The van der Waals surface area contributed by atoms with E-state index in [2.05, 4.69) is 4.90 Å². The number of β-amino-alcohol motifs (C(OH)–C–C–N with tert-alkyl or cyclic N) is 1. The van der Waals surface area contributed by atoms with Gasteiger partial charge < -0.3 is 10.0 Å². The Morgan fingerprint density at radius 3 is 2.33 bits per heavy atom. The first-order valence-electron chi connectivity index (χ1n) is 9.17. The SMILES string of the molecule is O=C(c1c(Cl)n(-c2ccccc2)c2ccccc12)N1CCN(CCO)CC1. The molecule has 0 radical (unpaired) electrons. The number of hydrogen-bond acceptors (Lipinski definition) is 3. The summed E-state index contributed by atoms with van der Waals surface area (Å²) < 4.78 is 1.94. The number of halogens is 1. The van der Waals surface area contributed by atoms with Gasteiger partial charge >= 0.3 is 0 Å². The summed E-state index contributed by atoms with van der Waals surface area (Å²) in [7, 11) is 0. The van der Waals surface area contributed by atoms with Crippen LogP contribution < -0.4 is 0 Å². The van der Waals surface area contributed by atoms with Gasteiger partial charge in [-0.3, -0.25) is 14.3 Å². The first-order valence-corrected chi connectivity index (χ1v) is 9.55. The lowest BCUT2D eigenvalue weighted by molar-refractivity contribution is 0.0617. The van der Waals surface area contributed by atoms with Crippen molar-refractivity contribution in [2.75, 3.05) is 39.3 Å². The maximum absolute atomic E-state index is 13.3. The quantitative estimate of drug-likeness (QED) is 0.753. The first kappa shape index (κ1) is 18.0. The molecule has 1 aromatic heterocycles. The van der Waals surface area contributed by atoms with Crippen molar-refractivity contribution in [3.05, 3.63) is 65.3 Å². The summed E-state index contributed by atoms with van der Waals surface area (Å²) in [5.74, 6) is -0.0328. The molecule has 1 aliphatic heterocycles. The second kappa shape index (κ2) is 7.72. The topological polar surface area (TPSA) is 48.7 Å². The van der Waals surface area contributed by atoms with E-state index in [4.69, 9.17) is 16.7 Å². The maximum Gasteiger partial charge on any atom is 0.257 e. The highest BCUT2D eigenvalue weighted by Gasteiger charge is 2.28. The maximum atomic E-state index is 13.3. The minimum absolute atomic E-state index is 0.0328. The first-order chi connectivity index (χ1) is 13.2. The zero-order chi connectivity index (χ0) is 18.8. The van der Waals surface area contributed by atoms with Crippen LogP contribution in [0.1, 0.15) is 10.4 Å². The largest absolute Gasteiger partial charge is 0.395 e.